The van der Waals surface area contributed by atoms with Crippen LogP contribution >= 0.6 is 0 Å². The Kier molecular flexibility index (Phi) is 6.32. The highest BCUT2D eigenvalue weighted by molar-refractivity contribution is 5.69. The van der Waals surface area contributed by atoms with Crippen LogP contribution in [0, 0.1) is 0 Å². The van der Waals surface area contributed by atoms with Gasteiger partial charge in [-0.15, -0.1) is 0 Å². The number of likely N-dealkylation sites (tertiary alicyclic amines) is 1. The summed E-state index contributed by atoms with van der Waals surface area (Å²) < 4.78 is 11.3. The molecule has 168 valence electrons. The van der Waals surface area contributed by atoms with E-state index in [4.69, 9.17) is 14.2 Å². The summed E-state index contributed by atoms with van der Waals surface area (Å²) in [5.41, 5.74) is 0.128. The van der Waals surface area contributed by atoms with Gasteiger partial charge < -0.3 is 14.6 Å². The molecule has 2 heterocycles. The smallest absolute Gasteiger partial charge is 0.408 e. The van der Waals surface area contributed by atoms with Gasteiger partial charge in [0.25, 0.3) is 0 Å². The van der Waals surface area contributed by atoms with Crippen molar-refractivity contribution in [3.63, 3.8) is 0 Å². The number of carbonyl (C=O) groups is 1. The second-order valence-electron chi connectivity index (χ2n) is 9.84. The Bertz CT molecular complexity index is 868. The summed E-state index contributed by atoms with van der Waals surface area (Å²) in [5, 5.41) is 7.43. The molecule has 0 radical (unpaired) electrons. The Morgan fingerprint density at radius 2 is 1.94 bits per heavy atom. The van der Waals surface area contributed by atoms with Gasteiger partial charge in [-0.1, -0.05) is 54.8 Å². The fourth-order valence-corrected chi connectivity index (χ4v) is 4.72. The molecule has 1 aliphatic heterocycles. The first-order valence-electron chi connectivity index (χ1n) is 11.5. The number of hydrogen-bond donors (Lipinski definition) is 1. The number of carbonyl (C=O) groups excluding carboxylic acids is 1. The van der Waals surface area contributed by atoms with E-state index in [0.29, 0.717) is 11.7 Å². The van der Waals surface area contributed by atoms with Crippen molar-refractivity contribution in [3.8, 4) is 0 Å². The van der Waals surface area contributed by atoms with E-state index in [0.717, 1.165) is 51.6 Å². The zero-order valence-corrected chi connectivity index (χ0v) is 18.9. The maximum absolute atomic E-state index is 12.5. The molecule has 1 saturated carbocycles. The van der Waals surface area contributed by atoms with Crippen LogP contribution in [0.5, 0.6) is 0 Å². The lowest BCUT2D eigenvalue weighted by Gasteiger charge is -2.33. The molecule has 1 amide bonds. The molecule has 2 fully saturated rings. The average Bonchev–Trinajstić information content (AvgIpc) is 3.38. The first-order chi connectivity index (χ1) is 14.8. The van der Waals surface area contributed by atoms with Gasteiger partial charge in [0.05, 0.1) is 6.04 Å². The third-order valence-corrected chi connectivity index (χ3v) is 6.19. The van der Waals surface area contributed by atoms with Crippen molar-refractivity contribution in [2.24, 2.45) is 0 Å². The van der Waals surface area contributed by atoms with E-state index in [1.807, 2.05) is 26.8 Å². The summed E-state index contributed by atoms with van der Waals surface area (Å²) in [5.74, 6) is 1.24. The summed E-state index contributed by atoms with van der Waals surface area (Å²) in [6.45, 7) is 7.48. The lowest BCUT2D eigenvalue weighted by atomic mass is 9.96. The Balaban J connectivity index is 1.52. The minimum Gasteiger partial charge on any atom is -0.444 e. The fourth-order valence-electron chi connectivity index (χ4n) is 4.72. The predicted molar refractivity (Wildman–Crippen MR) is 117 cm³/mol. The molecule has 2 aromatic rings. The van der Waals surface area contributed by atoms with E-state index < -0.39 is 17.2 Å². The van der Waals surface area contributed by atoms with E-state index in [-0.39, 0.29) is 6.04 Å². The van der Waals surface area contributed by atoms with Gasteiger partial charge in [-0.2, -0.15) is 4.98 Å². The van der Waals surface area contributed by atoms with Crippen molar-refractivity contribution in [2.75, 3.05) is 6.54 Å². The molecule has 2 aliphatic rings. The van der Waals surface area contributed by atoms with Gasteiger partial charge in [-0.3, -0.25) is 4.90 Å². The van der Waals surface area contributed by atoms with E-state index in [2.05, 4.69) is 39.6 Å². The van der Waals surface area contributed by atoms with Crippen LogP contribution in [0.4, 0.5) is 4.79 Å². The maximum Gasteiger partial charge on any atom is 0.408 e. The predicted octanol–water partition coefficient (Wildman–Crippen LogP) is 5.09. The summed E-state index contributed by atoms with van der Waals surface area (Å²) in [6.07, 6.45) is 6.52. The van der Waals surface area contributed by atoms with Gasteiger partial charge in [0.15, 0.2) is 5.82 Å². The Morgan fingerprint density at radius 3 is 2.65 bits per heavy atom. The highest BCUT2D eigenvalue weighted by Gasteiger charge is 2.43. The molecule has 7 nitrogen and oxygen atoms in total. The summed E-state index contributed by atoms with van der Waals surface area (Å²) >= 11 is 0. The van der Waals surface area contributed by atoms with Crippen LogP contribution in [0.1, 0.15) is 89.0 Å². The van der Waals surface area contributed by atoms with Gasteiger partial charge in [-0.05, 0) is 58.6 Å². The molecule has 1 aromatic heterocycles. The number of amides is 1. The van der Waals surface area contributed by atoms with E-state index in [1.165, 1.54) is 12.0 Å². The molecule has 7 heteroatoms. The van der Waals surface area contributed by atoms with Crippen molar-refractivity contribution < 1.29 is 14.1 Å². The lowest BCUT2D eigenvalue weighted by molar-refractivity contribution is 0.0446. The van der Waals surface area contributed by atoms with Crippen molar-refractivity contribution in [1.82, 2.24) is 20.4 Å². The van der Waals surface area contributed by atoms with Gasteiger partial charge in [0.1, 0.15) is 11.1 Å². The normalized spacial score (nSPS) is 21.7. The molecule has 1 aromatic carbocycles. The lowest BCUT2D eigenvalue weighted by Crippen LogP contribution is -2.46. The number of rotatable bonds is 5. The minimum absolute atomic E-state index is 0.107. The monoisotopic (exact) mass is 426 g/mol. The van der Waals surface area contributed by atoms with Gasteiger partial charge in [0.2, 0.25) is 5.89 Å². The quantitative estimate of drug-likeness (QED) is 0.717. The number of aromatic nitrogens is 2. The third-order valence-electron chi connectivity index (χ3n) is 6.19. The van der Waals surface area contributed by atoms with Crippen LogP contribution in [-0.2, 0) is 16.8 Å². The zero-order chi connectivity index (χ0) is 21.9. The molecule has 31 heavy (non-hydrogen) atoms. The molecule has 1 atom stereocenters. The molecule has 1 saturated heterocycles. The number of alkyl carbamates (subject to hydrolysis) is 1. The number of nitrogens with one attached hydrogen (secondary N) is 1. The van der Waals surface area contributed by atoms with Crippen LogP contribution in [0.3, 0.4) is 0 Å². The first kappa shape index (κ1) is 21.8. The van der Waals surface area contributed by atoms with Crippen LogP contribution in [-0.4, -0.2) is 33.3 Å². The molecule has 1 N–H and O–H groups in total. The number of benzene rings is 1. The topological polar surface area (TPSA) is 80.5 Å². The molecule has 0 bridgehead atoms. The third kappa shape index (κ3) is 5.26. The minimum atomic E-state index is -0.608. The van der Waals surface area contributed by atoms with Gasteiger partial charge >= 0.3 is 6.09 Å². The Labute approximate surface area is 184 Å². The van der Waals surface area contributed by atoms with Crippen LogP contribution < -0.4 is 5.32 Å². The number of hydrogen-bond acceptors (Lipinski definition) is 6. The van der Waals surface area contributed by atoms with Gasteiger partial charge in [-0.25, -0.2) is 4.79 Å². The zero-order valence-electron chi connectivity index (χ0n) is 18.9. The average molecular weight is 427 g/mol. The summed E-state index contributed by atoms with van der Waals surface area (Å²) in [4.78, 5) is 19.8. The highest BCUT2D eigenvalue weighted by Crippen LogP contribution is 2.39. The fraction of sp³-hybridized carbons (Fsp3) is 0.625. The molecular formula is C24H34N4O3. The summed E-state index contributed by atoms with van der Waals surface area (Å²) in [6, 6.07) is 10.6. The van der Waals surface area contributed by atoms with Crippen LogP contribution in [0.2, 0.25) is 0 Å². The second kappa shape index (κ2) is 8.99. The molecular weight excluding hydrogens is 392 g/mol. The van der Waals surface area contributed by atoms with Crippen molar-refractivity contribution in [3.05, 3.63) is 47.6 Å². The SMILES string of the molecule is CC(C)(C)OC(=O)NC1(c2noc([C@@H]3CCCCN3Cc3ccccc3)n2)CCCC1. The van der Waals surface area contributed by atoms with Gasteiger partial charge in [0, 0.05) is 6.54 Å². The Morgan fingerprint density at radius 1 is 1.19 bits per heavy atom. The van der Waals surface area contributed by atoms with Crippen molar-refractivity contribution >= 4 is 6.09 Å². The number of ether oxygens (including phenoxy) is 1. The van der Waals surface area contributed by atoms with Crippen LogP contribution in [0.15, 0.2) is 34.9 Å². The highest BCUT2D eigenvalue weighted by atomic mass is 16.6. The van der Waals surface area contributed by atoms with E-state index in [9.17, 15) is 4.79 Å². The van der Waals surface area contributed by atoms with Crippen molar-refractivity contribution in [1.29, 1.82) is 0 Å². The van der Waals surface area contributed by atoms with Crippen molar-refractivity contribution in [2.45, 2.75) is 89.4 Å². The number of piperidine rings is 1. The maximum atomic E-state index is 12.5. The first-order valence-corrected chi connectivity index (χ1v) is 11.5. The second-order valence-corrected chi connectivity index (χ2v) is 9.84. The molecule has 0 unspecified atom stereocenters. The summed E-state index contributed by atoms with van der Waals surface area (Å²) in [7, 11) is 0. The Hall–Kier alpha value is -2.41. The molecule has 1 aliphatic carbocycles. The van der Waals surface area contributed by atoms with E-state index >= 15 is 0 Å². The molecule has 0 spiro atoms. The number of nitrogens with zero attached hydrogens (tertiary/aromatic N) is 3. The van der Waals surface area contributed by atoms with Crippen LogP contribution in [0.25, 0.3) is 0 Å². The molecule has 4 rings (SSSR count). The largest absolute Gasteiger partial charge is 0.444 e. The standard InChI is InChI=1S/C24H34N4O3/c1-23(2,3)30-22(29)26-24(14-8-9-15-24)21-25-20(31-27-21)19-13-7-10-16-28(19)17-18-11-5-4-6-12-18/h4-6,11-12,19H,7-10,13-17H2,1-3H3,(H,26,29)/t19-/m0/s1. The van der Waals surface area contributed by atoms with E-state index in [1.54, 1.807) is 0 Å².